The largest absolute Gasteiger partial charge is 0.353 e. The van der Waals surface area contributed by atoms with Gasteiger partial charge in [0, 0.05) is 25.3 Å². The molecule has 118 valence electrons. The van der Waals surface area contributed by atoms with Gasteiger partial charge in [0.05, 0.1) is 0 Å². The maximum atomic E-state index is 4.85. The van der Waals surface area contributed by atoms with E-state index in [2.05, 4.69) is 56.6 Å². The molecule has 0 fully saturated rings. The lowest BCUT2D eigenvalue weighted by atomic mass is 10.1. The summed E-state index contributed by atoms with van der Waals surface area (Å²) in [6, 6.07) is 4.45. The summed E-state index contributed by atoms with van der Waals surface area (Å²) in [5.41, 5.74) is 2.49. The van der Waals surface area contributed by atoms with Crippen molar-refractivity contribution < 1.29 is 0 Å². The van der Waals surface area contributed by atoms with Crippen molar-refractivity contribution in [3.05, 3.63) is 36.0 Å². The van der Waals surface area contributed by atoms with Gasteiger partial charge in [-0.15, -0.1) is 6.58 Å². The molecule has 0 spiro atoms. The Labute approximate surface area is 130 Å². The standard InChI is InChI=1S/C18H31N3/c1-6-9-19-14-16-12-17(15(4)5)20-18(13-16)21(10-7-2)11-8-3/h7,12-13,15,19H,2,6,8-11,14H2,1,3-5H3. The van der Waals surface area contributed by atoms with Crippen molar-refractivity contribution in [3.63, 3.8) is 0 Å². The Balaban J connectivity index is 3.01. The highest BCUT2D eigenvalue weighted by atomic mass is 15.2. The van der Waals surface area contributed by atoms with Gasteiger partial charge in [0.25, 0.3) is 0 Å². The maximum absolute atomic E-state index is 4.85. The van der Waals surface area contributed by atoms with Gasteiger partial charge >= 0.3 is 0 Å². The van der Waals surface area contributed by atoms with E-state index in [1.165, 1.54) is 11.3 Å². The van der Waals surface area contributed by atoms with Crippen LogP contribution < -0.4 is 10.2 Å². The smallest absolute Gasteiger partial charge is 0.129 e. The molecule has 0 atom stereocenters. The number of rotatable bonds is 10. The zero-order valence-corrected chi connectivity index (χ0v) is 14.2. The van der Waals surface area contributed by atoms with Crippen LogP contribution in [-0.2, 0) is 6.54 Å². The van der Waals surface area contributed by atoms with Gasteiger partial charge in [0.2, 0.25) is 0 Å². The molecule has 1 N–H and O–H groups in total. The van der Waals surface area contributed by atoms with Crippen molar-refractivity contribution >= 4 is 5.82 Å². The van der Waals surface area contributed by atoms with Crippen molar-refractivity contribution in [2.75, 3.05) is 24.5 Å². The van der Waals surface area contributed by atoms with Crippen LogP contribution in [0.2, 0.25) is 0 Å². The fourth-order valence-electron chi connectivity index (χ4n) is 2.29. The fraction of sp³-hybridized carbons (Fsp3) is 0.611. The van der Waals surface area contributed by atoms with E-state index in [4.69, 9.17) is 4.98 Å². The second kappa shape index (κ2) is 9.56. The van der Waals surface area contributed by atoms with E-state index in [-0.39, 0.29) is 0 Å². The zero-order chi connectivity index (χ0) is 15.7. The van der Waals surface area contributed by atoms with E-state index in [0.717, 1.165) is 44.8 Å². The lowest BCUT2D eigenvalue weighted by Crippen LogP contribution is -2.26. The summed E-state index contributed by atoms with van der Waals surface area (Å²) < 4.78 is 0. The number of hydrogen-bond acceptors (Lipinski definition) is 3. The fourth-order valence-corrected chi connectivity index (χ4v) is 2.29. The van der Waals surface area contributed by atoms with Crippen LogP contribution in [0, 0.1) is 0 Å². The average Bonchev–Trinajstić information content (AvgIpc) is 2.47. The zero-order valence-electron chi connectivity index (χ0n) is 14.2. The minimum Gasteiger partial charge on any atom is -0.353 e. The van der Waals surface area contributed by atoms with Crippen molar-refractivity contribution in [2.45, 2.75) is 53.0 Å². The van der Waals surface area contributed by atoms with Gasteiger partial charge in [-0.3, -0.25) is 0 Å². The predicted molar refractivity (Wildman–Crippen MR) is 93.0 cm³/mol. The molecule has 21 heavy (non-hydrogen) atoms. The second-order valence-electron chi connectivity index (χ2n) is 5.82. The molecule has 1 aromatic rings. The summed E-state index contributed by atoms with van der Waals surface area (Å²) in [4.78, 5) is 7.16. The third kappa shape index (κ3) is 5.88. The molecule has 0 radical (unpaired) electrons. The van der Waals surface area contributed by atoms with Crippen LogP contribution in [-0.4, -0.2) is 24.6 Å². The number of anilines is 1. The second-order valence-corrected chi connectivity index (χ2v) is 5.82. The molecule has 0 saturated carbocycles. The summed E-state index contributed by atoms with van der Waals surface area (Å²) in [6.45, 7) is 16.5. The van der Waals surface area contributed by atoms with E-state index in [0.29, 0.717) is 5.92 Å². The van der Waals surface area contributed by atoms with Crippen LogP contribution in [0.5, 0.6) is 0 Å². The van der Waals surface area contributed by atoms with Gasteiger partial charge in [-0.1, -0.05) is 33.8 Å². The molecule has 1 rings (SSSR count). The molecule has 1 heterocycles. The molecular formula is C18H31N3. The number of aromatic nitrogens is 1. The van der Waals surface area contributed by atoms with Gasteiger partial charge in [-0.2, -0.15) is 0 Å². The number of hydrogen-bond donors (Lipinski definition) is 1. The molecule has 0 aromatic carbocycles. The number of nitrogens with one attached hydrogen (secondary N) is 1. The molecule has 0 unspecified atom stereocenters. The molecule has 0 aliphatic heterocycles. The summed E-state index contributed by atoms with van der Waals surface area (Å²) in [5, 5.41) is 3.48. The first-order valence-corrected chi connectivity index (χ1v) is 8.19. The Morgan fingerprint density at radius 3 is 2.62 bits per heavy atom. The van der Waals surface area contributed by atoms with Crippen molar-refractivity contribution in [2.24, 2.45) is 0 Å². The van der Waals surface area contributed by atoms with Gasteiger partial charge in [0.15, 0.2) is 0 Å². The monoisotopic (exact) mass is 289 g/mol. The molecule has 1 aromatic heterocycles. The first kappa shape index (κ1) is 17.7. The van der Waals surface area contributed by atoms with Crippen LogP contribution in [0.25, 0.3) is 0 Å². The van der Waals surface area contributed by atoms with E-state index in [1.807, 2.05) is 6.08 Å². The molecular weight excluding hydrogens is 258 g/mol. The normalized spacial score (nSPS) is 10.9. The Hall–Kier alpha value is -1.35. The van der Waals surface area contributed by atoms with E-state index in [1.54, 1.807) is 0 Å². The van der Waals surface area contributed by atoms with Crippen LogP contribution >= 0.6 is 0 Å². The average molecular weight is 289 g/mol. The highest BCUT2D eigenvalue weighted by Crippen LogP contribution is 2.20. The van der Waals surface area contributed by atoms with Crippen LogP contribution in [0.1, 0.15) is 57.7 Å². The summed E-state index contributed by atoms with van der Waals surface area (Å²) in [6.07, 6.45) is 4.23. The Kier molecular flexibility index (Phi) is 8.06. The molecule has 3 nitrogen and oxygen atoms in total. The molecule has 0 aliphatic carbocycles. The summed E-state index contributed by atoms with van der Waals surface area (Å²) in [7, 11) is 0. The topological polar surface area (TPSA) is 28.2 Å². The lowest BCUT2D eigenvalue weighted by molar-refractivity contribution is 0.671. The third-order valence-electron chi connectivity index (χ3n) is 3.41. The lowest BCUT2D eigenvalue weighted by Gasteiger charge is -2.23. The first-order valence-electron chi connectivity index (χ1n) is 8.19. The molecule has 0 amide bonds. The minimum atomic E-state index is 0.446. The summed E-state index contributed by atoms with van der Waals surface area (Å²) >= 11 is 0. The van der Waals surface area contributed by atoms with Crippen LogP contribution in [0.4, 0.5) is 5.82 Å². The van der Waals surface area contributed by atoms with E-state index >= 15 is 0 Å². The maximum Gasteiger partial charge on any atom is 0.129 e. The van der Waals surface area contributed by atoms with Gasteiger partial charge in [-0.05, 0) is 43.0 Å². The quantitative estimate of drug-likeness (QED) is 0.519. The number of nitrogens with zero attached hydrogens (tertiary/aromatic N) is 2. The van der Waals surface area contributed by atoms with Crippen LogP contribution in [0.15, 0.2) is 24.8 Å². The van der Waals surface area contributed by atoms with Gasteiger partial charge in [-0.25, -0.2) is 4.98 Å². The van der Waals surface area contributed by atoms with Crippen molar-refractivity contribution in [1.82, 2.24) is 10.3 Å². The first-order chi connectivity index (χ1) is 10.1. The van der Waals surface area contributed by atoms with E-state index in [9.17, 15) is 0 Å². The minimum absolute atomic E-state index is 0.446. The molecule has 0 bridgehead atoms. The van der Waals surface area contributed by atoms with Gasteiger partial charge in [0.1, 0.15) is 5.82 Å². The number of pyridine rings is 1. The third-order valence-corrected chi connectivity index (χ3v) is 3.41. The Morgan fingerprint density at radius 2 is 2.05 bits per heavy atom. The van der Waals surface area contributed by atoms with E-state index < -0.39 is 0 Å². The summed E-state index contributed by atoms with van der Waals surface area (Å²) in [5.74, 6) is 1.53. The molecule has 0 saturated heterocycles. The molecule has 3 heteroatoms. The van der Waals surface area contributed by atoms with Crippen molar-refractivity contribution in [3.8, 4) is 0 Å². The Morgan fingerprint density at radius 1 is 1.29 bits per heavy atom. The highest BCUT2D eigenvalue weighted by Gasteiger charge is 2.11. The predicted octanol–water partition coefficient (Wildman–Crippen LogP) is 4.11. The highest BCUT2D eigenvalue weighted by molar-refractivity contribution is 5.44. The van der Waals surface area contributed by atoms with Crippen molar-refractivity contribution in [1.29, 1.82) is 0 Å². The Bertz CT molecular complexity index is 426. The van der Waals surface area contributed by atoms with Crippen LogP contribution in [0.3, 0.4) is 0 Å². The SMILES string of the molecule is C=CCN(CCC)c1cc(CNCCC)cc(C(C)C)n1. The molecule has 0 aliphatic rings. The van der Waals surface area contributed by atoms with Gasteiger partial charge < -0.3 is 10.2 Å².